The molecule has 0 radical (unpaired) electrons. The fourth-order valence-corrected chi connectivity index (χ4v) is 7.59. The van der Waals surface area contributed by atoms with E-state index in [2.05, 4.69) is 111 Å². The molecule has 6 rings (SSSR count). The molecule has 0 aliphatic heterocycles. The molecule has 0 aliphatic carbocycles. The Bertz CT molecular complexity index is 1940. The molecule has 0 aliphatic rings. The standard InChI is InChI=1S/3C9H5Br2NO2.Al/c3*10-5-3-6(11)9(14)8-4(5)1-2-7(13)12-8;/h3*1-3,14H,(H,12,13);/q;;;+3. The van der Waals surface area contributed by atoms with Gasteiger partial charge in [0.25, 0.3) is 0 Å². The molecule has 0 saturated heterocycles. The van der Waals surface area contributed by atoms with Crippen LogP contribution in [0.15, 0.2) is 95.8 Å². The minimum Gasteiger partial charge on any atom is -0.505 e. The number of phenolic OH excluding ortho intramolecular Hbond substituents is 3. The summed E-state index contributed by atoms with van der Waals surface area (Å²) in [4.78, 5) is 40.9. The van der Waals surface area contributed by atoms with Crippen molar-refractivity contribution in [1.82, 2.24) is 15.0 Å². The van der Waals surface area contributed by atoms with Gasteiger partial charge < -0.3 is 30.3 Å². The predicted octanol–water partition coefficient (Wildman–Crippen LogP) is 7.90. The van der Waals surface area contributed by atoms with E-state index >= 15 is 0 Å². The maximum atomic E-state index is 11.1. The molecule has 43 heavy (non-hydrogen) atoms. The number of hydrogen-bond acceptors (Lipinski definition) is 6. The van der Waals surface area contributed by atoms with Crippen molar-refractivity contribution in [2.24, 2.45) is 0 Å². The number of aromatic hydroxyl groups is 3. The summed E-state index contributed by atoms with van der Waals surface area (Å²) in [5.74, 6) is 0.128. The smallest absolute Gasteiger partial charge is 0.505 e. The van der Waals surface area contributed by atoms with Gasteiger partial charge in [0.05, 0.1) is 30.0 Å². The van der Waals surface area contributed by atoms with E-state index in [1.807, 2.05) is 0 Å². The van der Waals surface area contributed by atoms with Gasteiger partial charge in [-0.15, -0.1) is 0 Å². The van der Waals surface area contributed by atoms with E-state index in [1.54, 1.807) is 36.4 Å². The molecular formula is C27H15AlBr6N3O6+3. The zero-order valence-corrected chi connectivity index (χ0v) is 31.8. The molecule has 0 saturated carbocycles. The van der Waals surface area contributed by atoms with Crippen LogP contribution in [0.3, 0.4) is 0 Å². The second-order valence-corrected chi connectivity index (χ2v) is 13.5. The van der Waals surface area contributed by atoms with E-state index in [9.17, 15) is 29.7 Å². The first kappa shape index (κ1) is 35.6. The minimum atomic E-state index is -0.238. The fraction of sp³-hybridized carbons (Fsp3) is 0. The molecule has 3 heterocycles. The van der Waals surface area contributed by atoms with Gasteiger partial charge in [-0.2, -0.15) is 0 Å². The van der Waals surface area contributed by atoms with Crippen LogP contribution in [0.5, 0.6) is 17.2 Å². The third-order valence-corrected chi connectivity index (χ3v) is 9.46. The minimum absolute atomic E-state index is 0. The van der Waals surface area contributed by atoms with Gasteiger partial charge in [-0.1, -0.05) is 47.8 Å². The van der Waals surface area contributed by atoms with E-state index in [0.717, 1.165) is 29.6 Å². The summed E-state index contributed by atoms with van der Waals surface area (Å²) in [7, 11) is 0. The van der Waals surface area contributed by atoms with Gasteiger partial charge in [-0.3, -0.25) is 14.4 Å². The van der Waals surface area contributed by atoms with Crippen LogP contribution in [-0.2, 0) is 0 Å². The number of phenols is 3. The third-order valence-electron chi connectivity index (χ3n) is 5.68. The average Bonchev–Trinajstić information content (AvgIpc) is 2.94. The summed E-state index contributed by atoms with van der Waals surface area (Å²) < 4.78 is 4.06. The Morgan fingerprint density at radius 2 is 0.651 bits per heavy atom. The summed E-state index contributed by atoms with van der Waals surface area (Å²) in [5, 5.41) is 31.3. The fourth-order valence-electron chi connectivity index (χ4n) is 3.71. The van der Waals surface area contributed by atoms with Crippen molar-refractivity contribution in [2.75, 3.05) is 0 Å². The number of hydrogen-bond donors (Lipinski definition) is 6. The normalized spacial score (nSPS) is 10.5. The monoisotopic (exact) mass is 978 g/mol. The summed E-state index contributed by atoms with van der Waals surface area (Å²) in [6.07, 6.45) is 0. The number of pyridine rings is 3. The zero-order chi connectivity index (χ0) is 30.9. The molecule has 3 aromatic heterocycles. The van der Waals surface area contributed by atoms with Gasteiger partial charge in [-0.05, 0) is 84.2 Å². The number of rotatable bonds is 0. The first-order chi connectivity index (χ1) is 19.8. The number of aromatic nitrogens is 3. The molecule has 6 N–H and O–H groups in total. The second-order valence-electron chi connectivity index (χ2n) is 8.40. The van der Waals surface area contributed by atoms with Crippen LogP contribution in [0.1, 0.15) is 0 Å². The molecule has 0 atom stereocenters. The van der Waals surface area contributed by atoms with Gasteiger partial charge in [0, 0.05) is 47.8 Å². The van der Waals surface area contributed by atoms with E-state index in [0.29, 0.717) is 30.0 Å². The van der Waals surface area contributed by atoms with Crippen molar-refractivity contribution in [3.8, 4) is 17.2 Å². The van der Waals surface area contributed by atoms with Gasteiger partial charge in [0.2, 0.25) is 16.7 Å². The van der Waals surface area contributed by atoms with Crippen LogP contribution >= 0.6 is 95.6 Å². The number of nitrogens with one attached hydrogen (secondary N) is 3. The molecule has 0 bridgehead atoms. The van der Waals surface area contributed by atoms with Crippen LogP contribution in [0, 0.1) is 0 Å². The van der Waals surface area contributed by atoms with Gasteiger partial charge in [0.15, 0.2) is 17.2 Å². The zero-order valence-electron chi connectivity index (χ0n) is 21.1. The van der Waals surface area contributed by atoms with Crippen LogP contribution in [0.25, 0.3) is 32.7 Å². The van der Waals surface area contributed by atoms with Crippen LogP contribution in [-0.4, -0.2) is 47.6 Å². The van der Waals surface area contributed by atoms with Gasteiger partial charge >= 0.3 is 17.4 Å². The Balaban J connectivity index is 0.000000175. The van der Waals surface area contributed by atoms with Crippen LogP contribution in [0.2, 0.25) is 0 Å². The number of H-pyrrole nitrogens is 3. The van der Waals surface area contributed by atoms with Crippen molar-refractivity contribution in [1.29, 1.82) is 0 Å². The number of aromatic amines is 3. The Labute approximate surface area is 302 Å². The second kappa shape index (κ2) is 14.9. The summed E-state index contributed by atoms with van der Waals surface area (Å²) in [6.45, 7) is 0. The van der Waals surface area contributed by atoms with Crippen molar-refractivity contribution in [2.45, 2.75) is 0 Å². The van der Waals surface area contributed by atoms with E-state index in [1.165, 1.54) is 18.2 Å². The number of benzene rings is 3. The first-order valence-electron chi connectivity index (χ1n) is 11.4. The van der Waals surface area contributed by atoms with Crippen molar-refractivity contribution in [3.63, 3.8) is 0 Å². The van der Waals surface area contributed by atoms with Crippen LogP contribution < -0.4 is 16.7 Å². The van der Waals surface area contributed by atoms with Crippen molar-refractivity contribution in [3.05, 3.63) is 112 Å². The van der Waals surface area contributed by atoms with Crippen molar-refractivity contribution >= 4 is 146 Å². The van der Waals surface area contributed by atoms with E-state index in [4.69, 9.17) is 0 Å². The Hall–Kier alpha value is -1.90. The summed E-state index contributed by atoms with van der Waals surface area (Å²) in [5.41, 5.74) is 0.574. The predicted molar refractivity (Wildman–Crippen MR) is 191 cm³/mol. The Morgan fingerprint density at radius 1 is 0.419 bits per heavy atom. The first-order valence-corrected chi connectivity index (χ1v) is 16.1. The molecule has 3 aromatic carbocycles. The summed E-state index contributed by atoms with van der Waals surface area (Å²) in [6, 6.07) is 14.4. The maximum Gasteiger partial charge on any atom is 3.00 e. The van der Waals surface area contributed by atoms with Gasteiger partial charge in [0.1, 0.15) is 0 Å². The molecule has 216 valence electrons. The molecule has 0 amide bonds. The molecule has 9 nitrogen and oxygen atoms in total. The number of halogens is 6. The molecule has 16 heteroatoms. The quantitative estimate of drug-likeness (QED) is 0.0850. The Kier molecular flexibility index (Phi) is 12.3. The largest absolute Gasteiger partial charge is 3.00 e. The number of fused-ring (bicyclic) bond motifs is 3. The van der Waals surface area contributed by atoms with E-state index < -0.39 is 0 Å². The van der Waals surface area contributed by atoms with E-state index in [-0.39, 0.29) is 51.3 Å². The molecule has 0 fully saturated rings. The molecular weight excluding hydrogens is 969 g/mol. The molecule has 0 unspecified atom stereocenters. The Morgan fingerprint density at radius 3 is 0.884 bits per heavy atom. The molecule has 0 spiro atoms. The molecule has 6 aromatic rings. The average molecular weight is 984 g/mol. The third kappa shape index (κ3) is 8.04. The maximum absolute atomic E-state index is 11.1. The van der Waals surface area contributed by atoms with Gasteiger partial charge in [-0.25, -0.2) is 0 Å². The van der Waals surface area contributed by atoms with Crippen molar-refractivity contribution < 1.29 is 15.3 Å². The topological polar surface area (TPSA) is 159 Å². The SMILES string of the molecule is O=c1ccc2c(Br)cc(Br)c(O)c2[nH]1.O=c1ccc2c(Br)cc(Br)c(O)c2[nH]1.O=c1ccc2c(Br)cc(Br)c(O)c2[nH]1.[Al+3]. The van der Waals surface area contributed by atoms with Crippen LogP contribution in [0.4, 0.5) is 0 Å². The summed E-state index contributed by atoms with van der Waals surface area (Å²) >= 11 is 19.6.